The van der Waals surface area contributed by atoms with Crippen LogP contribution in [0.25, 0.3) is 5.95 Å². The zero-order valence-corrected chi connectivity index (χ0v) is 16.3. The number of nitrogens with zero attached hydrogens (tertiary/aromatic N) is 5. The first-order valence-electron chi connectivity index (χ1n) is 7.66. The second kappa shape index (κ2) is 7.79. The summed E-state index contributed by atoms with van der Waals surface area (Å²) < 4.78 is 2.25. The van der Waals surface area contributed by atoms with Crippen molar-refractivity contribution in [3.63, 3.8) is 0 Å². The number of hydrogen-bond donors (Lipinski definition) is 2. The molecule has 0 saturated heterocycles. The summed E-state index contributed by atoms with van der Waals surface area (Å²) in [5, 5.41) is 10.2. The number of carbonyl (C=O) groups excluding carboxylic acids is 1. The van der Waals surface area contributed by atoms with E-state index in [0.29, 0.717) is 22.5 Å². The number of carbonyl (C=O) groups is 1. The zero-order valence-electron chi connectivity index (χ0n) is 13.9. The number of urea groups is 1. The summed E-state index contributed by atoms with van der Waals surface area (Å²) in [4.78, 5) is 24.8. The van der Waals surface area contributed by atoms with Gasteiger partial charge in [-0.25, -0.2) is 19.7 Å². The van der Waals surface area contributed by atoms with Crippen LogP contribution in [0.4, 0.5) is 10.5 Å². The van der Waals surface area contributed by atoms with Crippen molar-refractivity contribution in [2.75, 3.05) is 5.32 Å². The van der Waals surface area contributed by atoms with Crippen molar-refractivity contribution >= 4 is 39.2 Å². The van der Waals surface area contributed by atoms with E-state index < -0.39 is 6.04 Å². The lowest BCUT2D eigenvalue weighted by atomic mass is 10.2. The fraction of sp³-hybridized carbons (Fsp3) is 0.188. The third-order valence-electron chi connectivity index (χ3n) is 3.57. The van der Waals surface area contributed by atoms with Crippen LogP contribution >= 0.6 is 27.5 Å². The Labute approximate surface area is 163 Å². The van der Waals surface area contributed by atoms with Crippen LogP contribution < -0.4 is 10.6 Å². The molecule has 2 N–H and O–H groups in total. The van der Waals surface area contributed by atoms with E-state index in [-0.39, 0.29) is 6.03 Å². The Morgan fingerprint density at radius 3 is 2.73 bits per heavy atom. The van der Waals surface area contributed by atoms with Gasteiger partial charge in [0.2, 0.25) is 0 Å². The lowest BCUT2D eigenvalue weighted by Crippen LogP contribution is -2.33. The van der Waals surface area contributed by atoms with Crippen LogP contribution in [0, 0.1) is 6.92 Å². The van der Waals surface area contributed by atoms with Gasteiger partial charge in [0, 0.05) is 22.6 Å². The van der Waals surface area contributed by atoms with E-state index in [1.807, 2.05) is 13.0 Å². The molecule has 3 rings (SSSR count). The molecule has 134 valence electrons. The predicted octanol–water partition coefficient (Wildman–Crippen LogP) is 3.66. The second-order valence-electron chi connectivity index (χ2n) is 5.48. The van der Waals surface area contributed by atoms with E-state index in [2.05, 4.69) is 46.6 Å². The van der Waals surface area contributed by atoms with Crippen molar-refractivity contribution in [3.8, 4) is 5.95 Å². The molecule has 2 amide bonds. The molecule has 0 spiro atoms. The summed E-state index contributed by atoms with van der Waals surface area (Å²) in [5.74, 6) is 0.890. The van der Waals surface area contributed by atoms with Gasteiger partial charge in [0.15, 0.2) is 5.82 Å². The molecule has 0 bridgehead atoms. The fourth-order valence-electron chi connectivity index (χ4n) is 2.30. The van der Waals surface area contributed by atoms with Crippen molar-refractivity contribution in [1.29, 1.82) is 0 Å². The molecular weight excluding hydrogens is 422 g/mol. The highest BCUT2D eigenvalue weighted by Crippen LogP contribution is 2.29. The number of amides is 2. The molecule has 8 nitrogen and oxygen atoms in total. The Hall–Kier alpha value is -2.52. The van der Waals surface area contributed by atoms with Crippen LogP contribution in [0.15, 0.2) is 41.4 Å². The van der Waals surface area contributed by atoms with E-state index in [1.165, 1.54) is 11.0 Å². The zero-order chi connectivity index (χ0) is 18.7. The molecule has 0 fully saturated rings. The highest BCUT2D eigenvalue weighted by Gasteiger charge is 2.18. The van der Waals surface area contributed by atoms with E-state index in [0.717, 1.165) is 10.0 Å². The van der Waals surface area contributed by atoms with E-state index in [9.17, 15) is 4.79 Å². The van der Waals surface area contributed by atoms with Gasteiger partial charge in [-0.15, -0.1) is 0 Å². The summed E-state index contributed by atoms with van der Waals surface area (Å²) in [6, 6.07) is 4.42. The minimum Gasteiger partial charge on any atom is -0.328 e. The maximum absolute atomic E-state index is 12.3. The van der Waals surface area contributed by atoms with Crippen molar-refractivity contribution < 1.29 is 4.79 Å². The summed E-state index contributed by atoms with van der Waals surface area (Å²) in [6.45, 7) is 3.67. The van der Waals surface area contributed by atoms with Gasteiger partial charge in [-0.05, 0) is 53.5 Å². The lowest BCUT2D eigenvalue weighted by molar-refractivity contribution is 0.248. The molecular formula is C16H15BrClN7O. The topological polar surface area (TPSA) is 97.6 Å². The number of benzene rings is 1. The molecule has 2 aromatic heterocycles. The van der Waals surface area contributed by atoms with Crippen molar-refractivity contribution in [2.45, 2.75) is 19.9 Å². The highest BCUT2D eigenvalue weighted by molar-refractivity contribution is 9.10. The first-order chi connectivity index (χ1) is 12.5. The fourth-order valence-corrected chi connectivity index (χ4v) is 2.92. The van der Waals surface area contributed by atoms with Crippen LogP contribution in [-0.2, 0) is 0 Å². The Kier molecular flexibility index (Phi) is 5.48. The summed E-state index contributed by atoms with van der Waals surface area (Å²) >= 11 is 9.44. The molecule has 0 aliphatic heterocycles. The Morgan fingerprint density at radius 2 is 2.00 bits per heavy atom. The van der Waals surface area contributed by atoms with Gasteiger partial charge < -0.3 is 10.6 Å². The summed E-state index contributed by atoms with van der Waals surface area (Å²) in [5.41, 5.74) is 1.50. The van der Waals surface area contributed by atoms with Crippen LogP contribution in [0.3, 0.4) is 0 Å². The number of rotatable bonds is 4. The minimum atomic E-state index is -0.424. The molecule has 2 heterocycles. The molecule has 0 saturated carbocycles. The second-order valence-corrected chi connectivity index (χ2v) is 6.74. The number of anilines is 1. The van der Waals surface area contributed by atoms with E-state index in [1.54, 1.807) is 31.5 Å². The van der Waals surface area contributed by atoms with Gasteiger partial charge in [-0.2, -0.15) is 9.78 Å². The number of nitrogens with one attached hydrogen (secondary N) is 2. The molecule has 10 heteroatoms. The smallest absolute Gasteiger partial charge is 0.319 e. The minimum absolute atomic E-state index is 0.379. The van der Waals surface area contributed by atoms with Gasteiger partial charge in [0.25, 0.3) is 5.95 Å². The SMILES string of the molecule is Cc1cc(Br)c(Cl)cc1NC(=O)N[C@@H](C)c1ncnn1-c1ncccn1. The van der Waals surface area contributed by atoms with Crippen LogP contribution in [0.2, 0.25) is 5.02 Å². The maximum atomic E-state index is 12.3. The number of hydrogen-bond acceptors (Lipinski definition) is 5. The Morgan fingerprint density at radius 1 is 1.27 bits per heavy atom. The van der Waals surface area contributed by atoms with Crippen LogP contribution in [0.5, 0.6) is 0 Å². The van der Waals surface area contributed by atoms with Gasteiger partial charge in [0.1, 0.15) is 6.33 Å². The standard InChI is InChI=1S/C16H15BrClN7O/c1-9-6-11(17)12(18)7-13(9)24-16(26)23-10(2)14-21-8-22-25(14)15-19-4-3-5-20-15/h3-8,10H,1-2H3,(H2,23,24,26)/t10-/m0/s1. The molecule has 0 aliphatic rings. The Balaban J connectivity index is 1.73. The summed E-state index contributed by atoms with van der Waals surface area (Å²) in [6.07, 6.45) is 4.61. The van der Waals surface area contributed by atoms with Crippen molar-refractivity contribution in [3.05, 3.63) is 57.8 Å². The van der Waals surface area contributed by atoms with Crippen LogP contribution in [0.1, 0.15) is 24.4 Å². The number of aromatic nitrogens is 5. The number of halogens is 2. The summed E-state index contributed by atoms with van der Waals surface area (Å²) in [7, 11) is 0. The van der Waals surface area contributed by atoms with Gasteiger partial charge >= 0.3 is 6.03 Å². The monoisotopic (exact) mass is 435 g/mol. The van der Waals surface area contributed by atoms with Gasteiger partial charge in [0.05, 0.1) is 11.1 Å². The van der Waals surface area contributed by atoms with Crippen molar-refractivity contribution in [1.82, 2.24) is 30.0 Å². The van der Waals surface area contributed by atoms with E-state index >= 15 is 0 Å². The normalized spacial score (nSPS) is 11.8. The largest absolute Gasteiger partial charge is 0.328 e. The van der Waals surface area contributed by atoms with Crippen molar-refractivity contribution in [2.24, 2.45) is 0 Å². The molecule has 3 aromatic rings. The molecule has 0 aliphatic carbocycles. The lowest BCUT2D eigenvalue weighted by Gasteiger charge is -2.16. The number of aryl methyl sites for hydroxylation is 1. The quantitative estimate of drug-likeness (QED) is 0.650. The molecule has 26 heavy (non-hydrogen) atoms. The third-order valence-corrected chi connectivity index (χ3v) is 4.76. The molecule has 1 aromatic carbocycles. The van der Waals surface area contributed by atoms with E-state index in [4.69, 9.17) is 11.6 Å². The third kappa shape index (κ3) is 4.00. The molecule has 0 unspecified atom stereocenters. The molecule has 1 atom stereocenters. The highest BCUT2D eigenvalue weighted by atomic mass is 79.9. The maximum Gasteiger partial charge on any atom is 0.319 e. The van der Waals surface area contributed by atoms with Gasteiger partial charge in [-0.3, -0.25) is 0 Å². The van der Waals surface area contributed by atoms with Gasteiger partial charge in [-0.1, -0.05) is 11.6 Å². The first-order valence-corrected chi connectivity index (χ1v) is 8.83. The first kappa shape index (κ1) is 18.3. The Bertz CT molecular complexity index is 932. The average Bonchev–Trinajstić information content (AvgIpc) is 3.10. The average molecular weight is 437 g/mol. The molecule has 0 radical (unpaired) electrons. The predicted molar refractivity (Wildman–Crippen MR) is 101 cm³/mol. The van der Waals surface area contributed by atoms with Crippen LogP contribution in [-0.4, -0.2) is 30.8 Å².